The van der Waals surface area contributed by atoms with Crippen LogP contribution in [0.3, 0.4) is 0 Å². The van der Waals surface area contributed by atoms with Gasteiger partial charge in [-0.25, -0.2) is 0 Å². The van der Waals surface area contributed by atoms with E-state index < -0.39 is 12.2 Å². The Labute approximate surface area is 70.1 Å². The smallest absolute Gasteiger partial charge is 0.109 e. The van der Waals surface area contributed by atoms with Gasteiger partial charge in [0.05, 0.1) is 18.6 Å². The van der Waals surface area contributed by atoms with E-state index in [1.165, 1.54) is 12.5 Å². The van der Waals surface area contributed by atoms with Gasteiger partial charge in [0.2, 0.25) is 0 Å². The van der Waals surface area contributed by atoms with E-state index in [4.69, 9.17) is 9.52 Å². The molecule has 0 saturated carbocycles. The van der Waals surface area contributed by atoms with Gasteiger partial charge >= 0.3 is 0 Å². The van der Waals surface area contributed by atoms with Crippen molar-refractivity contribution < 1.29 is 14.6 Å². The van der Waals surface area contributed by atoms with Crippen LogP contribution in [0.1, 0.15) is 11.7 Å². The summed E-state index contributed by atoms with van der Waals surface area (Å²) in [6.07, 6.45) is 1.11. The minimum atomic E-state index is -0.897. The van der Waals surface area contributed by atoms with Crippen LogP contribution in [0.15, 0.2) is 23.0 Å². The lowest BCUT2D eigenvalue weighted by atomic mass is 10.1. The Balaban J connectivity index is 2.62. The van der Waals surface area contributed by atoms with E-state index in [1.807, 2.05) is 0 Å². The van der Waals surface area contributed by atoms with Gasteiger partial charge in [0.25, 0.3) is 0 Å². The number of rotatable bonds is 3. The second kappa shape index (κ2) is 3.80. The highest BCUT2D eigenvalue weighted by molar-refractivity contribution is 7.80. The van der Waals surface area contributed by atoms with Crippen LogP contribution in [0, 0.1) is 0 Å². The molecular weight excluding hydrogens is 164 g/mol. The molecule has 0 aliphatic rings. The monoisotopic (exact) mass is 174 g/mol. The Hall–Kier alpha value is -0.450. The van der Waals surface area contributed by atoms with Crippen LogP contribution in [0.2, 0.25) is 0 Å². The lowest BCUT2D eigenvalue weighted by Crippen LogP contribution is -2.19. The highest BCUT2D eigenvalue weighted by Gasteiger charge is 2.17. The van der Waals surface area contributed by atoms with E-state index in [2.05, 4.69) is 12.6 Å². The van der Waals surface area contributed by atoms with Crippen molar-refractivity contribution in [2.45, 2.75) is 12.2 Å². The zero-order valence-corrected chi connectivity index (χ0v) is 6.74. The van der Waals surface area contributed by atoms with Crippen molar-refractivity contribution in [3.63, 3.8) is 0 Å². The van der Waals surface area contributed by atoms with Crippen LogP contribution >= 0.6 is 12.6 Å². The first kappa shape index (κ1) is 8.64. The molecular formula is C7H10O3S. The Morgan fingerprint density at radius 1 is 1.55 bits per heavy atom. The molecule has 0 spiro atoms. The van der Waals surface area contributed by atoms with Crippen molar-refractivity contribution in [2.75, 3.05) is 5.75 Å². The molecule has 11 heavy (non-hydrogen) atoms. The predicted molar refractivity (Wildman–Crippen MR) is 43.5 cm³/mol. The maximum absolute atomic E-state index is 9.32. The first-order valence-corrected chi connectivity index (χ1v) is 3.88. The summed E-state index contributed by atoms with van der Waals surface area (Å²) in [5, 5.41) is 18.4. The zero-order chi connectivity index (χ0) is 8.27. The van der Waals surface area contributed by atoms with Crippen molar-refractivity contribution in [2.24, 2.45) is 0 Å². The third-order valence-electron chi connectivity index (χ3n) is 1.44. The van der Waals surface area contributed by atoms with E-state index in [1.54, 1.807) is 6.07 Å². The molecule has 2 unspecified atom stereocenters. The summed E-state index contributed by atoms with van der Waals surface area (Å²) in [6.45, 7) is 0. The number of aliphatic hydroxyl groups is 2. The molecule has 0 aliphatic carbocycles. The Morgan fingerprint density at radius 2 is 2.27 bits per heavy atom. The summed E-state index contributed by atoms with van der Waals surface area (Å²) in [7, 11) is 0. The van der Waals surface area contributed by atoms with Crippen molar-refractivity contribution in [3.8, 4) is 0 Å². The van der Waals surface area contributed by atoms with Crippen molar-refractivity contribution in [1.82, 2.24) is 0 Å². The Kier molecular flexibility index (Phi) is 2.99. The van der Waals surface area contributed by atoms with Gasteiger partial charge in [-0.2, -0.15) is 12.6 Å². The molecule has 0 aromatic carbocycles. The first-order valence-electron chi connectivity index (χ1n) is 3.24. The fourth-order valence-electron chi connectivity index (χ4n) is 0.765. The van der Waals surface area contributed by atoms with Crippen LogP contribution in [-0.2, 0) is 0 Å². The molecule has 2 N–H and O–H groups in total. The predicted octanol–water partition coefficient (Wildman–Crippen LogP) is 0.604. The summed E-state index contributed by atoms with van der Waals surface area (Å²) >= 11 is 3.85. The van der Waals surface area contributed by atoms with E-state index in [-0.39, 0.29) is 5.75 Å². The molecule has 2 atom stereocenters. The third-order valence-corrected chi connectivity index (χ3v) is 1.81. The Morgan fingerprint density at radius 3 is 2.73 bits per heavy atom. The normalized spacial score (nSPS) is 16.3. The Bertz CT molecular complexity index is 197. The van der Waals surface area contributed by atoms with Gasteiger partial charge in [-0.05, 0) is 6.07 Å². The molecule has 4 heteroatoms. The van der Waals surface area contributed by atoms with Gasteiger partial charge in [-0.15, -0.1) is 0 Å². The minimum absolute atomic E-state index is 0.229. The van der Waals surface area contributed by atoms with Gasteiger partial charge in [0.1, 0.15) is 6.10 Å². The van der Waals surface area contributed by atoms with Crippen LogP contribution < -0.4 is 0 Å². The van der Waals surface area contributed by atoms with Gasteiger partial charge in [-0.1, -0.05) is 0 Å². The quantitative estimate of drug-likeness (QED) is 0.588. The average Bonchev–Trinajstić information content (AvgIpc) is 2.53. The topological polar surface area (TPSA) is 53.6 Å². The summed E-state index contributed by atoms with van der Waals surface area (Å²) in [6, 6.07) is 1.61. The number of hydrogen-bond acceptors (Lipinski definition) is 4. The number of aliphatic hydroxyl groups excluding tert-OH is 2. The van der Waals surface area contributed by atoms with Crippen molar-refractivity contribution >= 4 is 12.6 Å². The number of thiol groups is 1. The standard InChI is InChI=1S/C7H10O3S/c8-6(4-11)7(9)5-1-2-10-3-5/h1-3,6-9,11H,4H2. The maximum atomic E-state index is 9.32. The molecule has 0 saturated heterocycles. The number of furan rings is 1. The van der Waals surface area contributed by atoms with E-state index in [0.29, 0.717) is 5.56 Å². The van der Waals surface area contributed by atoms with Gasteiger partial charge < -0.3 is 14.6 Å². The molecule has 0 aliphatic heterocycles. The fraction of sp³-hybridized carbons (Fsp3) is 0.429. The third kappa shape index (κ3) is 1.99. The summed E-state index contributed by atoms with van der Waals surface area (Å²) in [5.41, 5.74) is 0.576. The van der Waals surface area contributed by atoms with Gasteiger partial charge in [-0.3, -0.25) is 0 Å². The minimum Gasteiger partial charge on any atom is -0.472 e. The molecule has 0 radical (unpaired) electrons. The maximum Gasteiger partial charge on any atom is 0.109 e. The molecule has 1 aromatic heterocycles. The largest absolute Gasteiger partial charge is 0.472 e. The molecule has 62 valence electrons. The van der Waals surface area contributed by atoms with Crippen LogP contribution in [-0.4, -0.2) is 22.1 Å². The van der Waals surface area contributed by atoms with Crippen LogP contribution in [0.4, 0.5) is 0 Å². The van der Waals surface area contributed by atoms with Crippen LogP contribution in [0.5, 0.6) is 0 Å². The molecule has 0 bridgehead atoms. The van der Waals surface area contributed by atoms with Gasteiger partial charge in [0, 0.05) is 11.3 Å². The lowest BCUT2D eigenvalue weighted by Gasteiger charge is -2.12. The highest BCUT2D eigenvalue weighted by Crippen LogP contribution is 2.17. The fourth-order valence-corrected chi connectivity index (χ4v) is 0.965. The molecule has 3 nitrogen and oxygen atoms in total. The second-order valence-corrected chi connectivity index (χ2v) is 2.62. The lowest BCUT2D eigenvalue weighted by molar-refractivity contribution is 0.0334. The van der Waals surface area contributed by atoms with Crippen LogP contribution in [0.25, 0.3) is 0 Å². The van der Waals surface area contributed by atoms with Gasteiger partial charge in [0.15, 0.2) is 0 Å². The van der Waals surface area contributed by atoms with Crippen molar-refractivity contribution in [3.05, 3.63) is 24.2 Å². The number of hydrogen-bond donors (Lipinski definition) is 3. The van der Waals surface area contributed by atoms with E-state index >= 15 is 0 Å². The summed E-state index contributed by atoms with van der Waals surface area (Å²) < 4.78 is 4.73. The SMILES string of the molecule is OC(CS)C(O)c1ccoc1. The first-order chi connectivity index (χ1) is 5.25. The molecule has 1 heterocycles. The molecule has 1 rings (SSSR count). The summed E-state index contributed by atoms with van der Waals surface area (Å²) in [5.74, 6) is 0.229. The van der Waals surface area contributed by atoms with Crippen molar-refractivity contribution in [1.29, 1.82) is 0 Å². The molecule has 1 aromatic rings. The second-order valence-electron chi connectivity index (χ2n) is 2.25. The zero-order valence-electron chi connectivity index (χ0n) is 5.84. The highest BCUT2D eigenvalue weighted by atomic mass is 32.1. The molecule has 0 amide bonds. The van der Waals surface area contributed by atoms with E-state index in [0.717, 1.165) is 0 Å². The average molecular weight is 174 g/mol. The summed E-state index contributed by atoms with van der Waals surface area (Å²) in [4.78, 5) is 0. The van der Waals surface area contributed by atoms with E-state index in [9.17, 15) is 5.11 Å². The molecule has 0 fully saturated rings.